The van der Waals surface area contributed by atoms with Crippen LogP contribution in [0.2, 0.25) is 0 Å². The molecular weight excluding hydrogens is 326 g/mol. The summed E-state index contributed by atoms with van der Waals surface area (Å²) in [4.78, 5) is 2.52. The number of anilines is 1. The van der Waals surface area contributed by atoms with Crippen LogP contribution >= 0.6 is 11.3 Å². The van der Waals surface area contributed by atoms with E-state index >= 15 is 0 Å². The predicted octanol–water partition coefficient (Wildman–Crippen LogP) is 4.53. The zero-order chi connectivity index (χ0) is 17.1. The van der Waals surface area contributed by atoms with Crippen LogP contribution in [0.25, 0.3) is 10.1 Å². The first-order valence-corrected chi connectivity index (χ1v) is 9.65. The fraction of sp³-hybridized carbons (Fsp3) is 0.286. The molecular formula is C21H21N3S. The highest BCUT2D eigenvalue weighted by atomic mass is 32.1. The van der Waals surface area contributed by atoms with Crippen molar-refractivity contribution in [3.05, 3.63) is 65.0 Å². The Bertz CT molecular complexity index is 903. The zero-order valence-electron chi connectivity index (χ0n) is 14.1. The van der Waals surface area contributed by atoms with Crippen LogP contribution in [0.4, 0.5) is 5.69 Å². The molecule has 1 saturated heterocycles. The molecule has 0 atom stereocenters. The average molecular weight is 347 g/mol. The number of thiophene rings is 1. The van der Waals surface area contributed by atoms with Crippen molar-refractivity contribution in [2.24, 2.45) is 0 Å². The first-order chi connectivity index (χ1) is 12.3. The molecule has 0 aliphatic carbocycles. The van der Waals surface area contributed by atoms with Gasteiger partial charge in [-0.15, -0.1) is 11.3 Å². The summed E-state index contributed by atoms with van der Waals surface area (Å²) in [5.41, 5.74) is 3.21. The molecule has 4 rings (SSSR count). The van der Waals surface area contributed by atoms with Crippen molar-refractivity contribution in [3.8, 4) is 6.07 Å². The molecule has 0 bridgehead atoms. The summed E-state index contributed by atoms with van der Waals surface area (Å²) < 4.78 is 1.33. The highest BCUT2D eigenvalue weighted by Crippen LogP contribution is 2.30. The van der Waals surface area contributed by atoms with Gasteiger partial charge in [-0.1, -0.05) is 12.1 Å². The van der Waals surface area contributed by atoms with Crippen molar-refractivity contribution in [1.82, 2.24) is 5.32 Å². The number of nitriles is 1. The minimum Gasteiger partial charge on any atom is -0.364 e. The second-order valence-corrected chi connectivity index (χ2v) is 7.51. The third-order valence-electron chi connectivity index (χ3n) is 4.93. The van der Waals surface area contributed by atoms with Crippen LogP contribution in [-0.2, 0) is 6.54 Å². The van der Waals surface area contributed by atoms with E-state index in [1.54, 1.807) is 11.3 Å². The highest BCUT2D eigenvalue weighted by Gasteiger charge is 2.22. The Kier molecular flexibility index (Phi) is 4.69. The second kappa shape index (κ2) is 7.26. The summed E-state index contributed by atoms with van der Waals surface area (Å²) in [5, 5.41) is 16.1. The maximum atomic E-state index is 9.19. The zero-order valence-corrected chi connectivity index (χ0v) is 14.9. The lowest BCUT2D eigenvalue weighted by molar-refractivity contribution is 0.428. The lowest BCUT2D eigenvalue weighted by Crippen LogP contribution is -2.43. The van der Waals surface area contributed by atoms with Crippen LogP contribution in [0.1, 0.15) is 24.0 Å². The molecule has 0 radical (unpaired) electrons. The van der Waals surface area contributed by atoms with Gasteiger partial charge in [0.1, 0.15) is 0 Å². The normalized spacial score (nSPS) is 15.2. The number of rotatable bonds is 4. The molecule has 0 spiro atoms. The second-order valence-electron chi connectivity index (χ2n) is 6.56. The topological polar surface area (TPSA) is 39.1 Å². The summed E-state index contributed by atoms with van der Waals surface area (Å²) in [6.45, 7) is 2.98. The molecule has 0 amide bonds. The van der Waals surface area contributed by atoms with Crippen LogP contribution in [0, 0.1) is 11.3 Å². The Hall–Kier alpha value is -2.35. The van der Waals surface area contributed by atoms with E-state index in [0.29, 0.717) is 6.04 Å². The van der Waals surface area contributed by atoms with Crippen LogP contribution in [-0.4, -0.2) is 19.1 Å². The molecule has 0 unspecified atom stereocenters. The molecule has 2 aromatic carbocycles. The number of hydrogen-bond donors (Lipinski definition) is 1. The first kappa shape index (κ1) is 16.1. The smallest absolute Gasteiger partial charge is 0.0991 e. The van der Waals surface area contributed by atoms with E-state index in [9.17, 15) is 5.26 Å². The molecule has 1 aliphatic heterocycles. The van der Waals surface area contributed by atoms with Crippen molar-refractivity contribution in [1.29, 1.82) is 5.26 Å². The Balaban J connectivity index is 1.68. The number of hydrogen-bond acceptors (Lipinski definition) is 4. The van der Waals surface area contributed by atoms with Crippen molar-refractivity contribution in [2.75, 3.05) is 18.0 Å². The molecule has 3 aromatic rings. The molecule has 25 heavy (non-hydrogen) atoms. The Morgan fingerprint density at radius 3 is 2.84 bits per heavy atom. The molecule has 1 aliphatic rings. The molecule has 0 saturated carbocycles. The Labute approximate surface area is 152 Å². The van der Waals surface area contributed by atoms with Gasteiger partial charge in [-0.05, 0) is 78.7 Å². The molecule has 1 fully saturated rings. The van der Waals surface area contributed by atoms with Crippen LogP contribution in [0.5, 0.6) is 0 Å². The van der Waals surface area contributed by atoms with Crippen LogP contribution in [0.3, 0.4) is 0 Å². The number of nitrogens with one attached hydrogen (secondary N) is 1. The van der Waals surface area contributed by atoms with Gasteiger partial charge in [0.2, 0.25) is 0 Å². The van der Waals surface area contributed by atoms with E-state index in [2.05, 4.69) is 52.0 Å². The van der Waals surface area contributed by atoms with E-state index in [4.69, 9.17) is 0 Å². The Morgan fingerprint density at radius 2 is 2.00 bits per heavy atom. The molecule has 3 nitrogen and oxygen atoms in total. The maximum Gasteiger partial charge on any atom is 0.0991 e. The van der Waals surface area contributed by atoms with Gasteiger partial charge >= 0.3 is 0 Å². The SMILES string of the molecule is N#Cc1cccc(CN(c2ccc3sccc3c2)C2CCNCC2)c1. The number of piperidine rings is 1. The van der Waals surface area contributed by atoms with E-state index < -0.39 is 0 Å². The third-order valence-corrected chi connectivity index (χ3v) is 5.82. The van der Waals surface area contributed by atoms with E-state index in [1.807, 2.05) is 18.2 Å². The average Bonchev–Trinajstić information content (AvgIpc) is 3.15. The summed E-state index contributed by atoms with van der Waals surface area (Å²) in [5.74, 6) is 0. The minimum absolute atomic E-state index is 0.531. The molecule has 1 aromatic heterocycles. The van der Waals surface area contributed by atoms with Gasteiger partial charge in [-0.25, -0.2) is 0 Å². The summed E-state index contributed by atoms with van der Waals surface area (Å²) in [6, 6.07) is 19.8. The van der Waals surface area contributed by atoms with Gasteiger partial charge in [0, 0.05) is 23.0 Å². The van der Waals surface area contributed by atoms with Gasteiger partial charge in [0.15, 0.2) is 0 Å². The quantitative estimate of drug-likeness (QED) is 0.753. The number of fused-ring (bicyclic) bond motifs is 1. The van der Waals surface area contributed by atoms with E-state index in [0.717, 1.165) is 38.0 Å². The molecule has 2 heterocycles. The number of benzene rings is 2. The van der Waals surface area contributed by atoms with Crippen LogP contribution < -0.4 is 10.2 Å². The van der Waals surface area contributed by atoms with E-state index in [1.165, 1.54) is 21.3 Å². The maximum absolute atomic E-state index is 9.19. The summed E-state index contributed by atoms with van der Waals surface area (Å²) in [7, 11) is 0. The monoisotopic (exact) mass is 347 g/mol. The van der Waals surface area contributed by atoms with Gasteiger partial charge in [-0.2, -0.15) is 5.26 Å². The van der Waals surface area contributed by atoms with Crippen molar-refractivity contribution >= 4 is 27.1 Å². The summed E-state index contributed by atoms with van der Waals surface area (Å²) in [6.07, 6.45) is 2.30. The first-order valence-electron chi connectivity index (χ1n) is 8.77. The van der Waals surface area contributed by atoms with Gasteiger partial charge in [0.25, 0.3) is 0 Å². The molecule has 4 heteroatoms. The standard InChI is InChI=1S/C21H21N3S/c22-14-16-2-1-3-17(12-16)15-24(19-6-9-23-10-7-19)20-4-5-21-18(13-20)8-11-25-21/h1-5,8,11-13,19,23H,6-7,9-10,15H2. The van der Waals surface area contributed by atoms with Crippen molar-refractivity contribution < 1.29 is 0 Å². The highest BCUT2D eigenvalue weighted by molar-refractivity contribution is 7.17. The van der Waals surface area contributed by atoms with Crippen molar-refractivity contribution in [3.63, 3.8) is 0 Å². The lowest BCUT2D eigenvalue weighted by atomic mass is 10.0. The van der Waals surface area contributed by atoms with Crippen molar-refractivity contribution in [2.45, 2.75) is 25.4 Å². The predicted molar refractivity (Wildman–Crippen MR) is 105 cm³/mol. The Morgan fingerprint density at radius 1 is 1.12 bits per heavy atom. The fourth-order valence-corrected chi connectivity index (χ4v) is 4.39. The number of nitrogens with zero attached hydrogens (tertiary/aromatic N) is 2. The summed E-state index contributed by atoms with van der Waals surface area (Å²) >= 11 is 1.79. The fourth-order valence-electron chi connectivity index (χ4n) is 3.62. The minimum atomic E-state index is 0.531. The van der Waals surface area contributed by atoms with E-state index in [-0.39, 0.29) is 0 Å². The van der Waals surface area contributed by atoms with Crippen LogP contribution in [0.15, 0.2) is 53.9 Å². The largest absolute Gasteiger partial charge is 0.364 e. The van der Waals surface area contributed by atoms with Gasteiger partial charge < -0.3 is 10.2 Å². The molecule has 126 valence electrons. The van der Waals surface area contributed by atoms with Gasteiger partial charge in [0.05, 0.1) is 11.6 Å². The molecule has 1 N–H and O–H groups in total. The third kappa shape index (κ3) is 3.53. The van der Waals surface area contributed by atoms with Gasteiger partial charge in [-0.3, -0.25) is 0 Å². The lowest BCUT2D eigenvalue weighted by Gasteiger charge is -2.36.